The molecule has 2 rings (SSSR count). The summed E-state index contributed by atoms with van der Waals surface area (Å²) < 4.78 is 26.6. The summed E-state index contributed by atoms with van der Waals surface area (Å²) in [6.45, 7) is 1.56. The van der Waals surface area contributed by atoms with Crippen molar-refractivity contribution in [3.8, 4) is 0 Å². The Morgan fingerprint density at radius 1 is 1.33 bits per heavy atom. The predicted octanol–water partition coefficient (Wildman–Crippen LogP) is 2.35. The van der Waals surface area contributed by atoms with Gasteiger partial charge in [-0.1, -0.05) is 22.9 Å². The molecule has 0 aliphatic heterocycles. The van der Waals surface area contributed by atoms with Crippen LogP contribution in [0.3, 0.4) is 0 Å². The highest BCUT2D eigenvalue weighted by molar-refractivity contribution is 7.94. The van der Waals surface area contributed by atoms with Gasteiger partial charge in [-0.05, 0) is 24.6 Å². The lowest BCUT2D eigenvalue weighted by Gasteiger charge is -2.05. The van der Waals surface area contributed by atoms with Gasteiger partial charge in [0.2, 0.25) is 5.28 Å². The van der Waals surface area contributed by atoms with Gasteiger partial charge in [0, 0.05) is 6.20 Å². The van der Waals surface area contributed by atoms with Gasteiger partial charge in [0.05, 0.1) is 5.69 Å². The first-order chi connectivity index (χ1) is 8.38. The maximum absolute atomic E-state index is 12.0. The fraction of sp³-hybridized carbons (Fsp3) is 0.125. The van der Waals surface area contributed by atoms with E-state index in [1.54, 1.807) is 6.92 Å². The Morgan fingerprint density at radius 3 is 2.61 bits per heavy atom. The number of anilines is 1. The van der Waals surface area contributed by atoms with Crippen LogP contribution >= 0.6 is 34.5 Å². The summed E-state index contributed by atoms with van der Waals surface area (Å²) in [6.07, 6.45) is 1.35. The minimum absolute atomic E-state index is 0.0437. The molecule has 2 aromatic heterocycles. The third kappa shape index (κ3) is 2.89. The second-order valence-corrected chi connectivity index (χ2v) is 6.95. The van der Waals surface area contributed by atoms with E-state index in [1.807, 2.05) is 0 Å². The quantitative estimate of drug-likeness (QED) is 0.876. The van der Waals surface area contributed by atoms with E-state index in [-0.39, 0.29) is 19.8 Å². The van der Waals surface area contributed by atoms with Gasteiger partial charge in [-0.2, -0.15) is 4.98 Å². The number of aromatic nitrogens is 3. The first-order valence-electron chi connectivity index (χ1n) is 4.53. The molecule has 96 valence electrons. The highest BCUT2D eigenvalue weighted by Crippen LogP contribution is 2.28. The van der Waals surface area contributed by atoms with Crippen LogP contribution in [-0.4, -0.2) is 23.4 Å². The van der Waals surface area contributed by atoms with Crippen molar-refractivity contribution < 1.29 is 8.42 Å². The number of aryl methyl sites for hydroxylation is 1. The topological polar surface area (TPSA) is 84.8 Å². The zero-order valence-corrected chi connectivity index (χ0v) is 12.0. The van der Waals surface area contributed by atoms with Crippen molar-refractivity contribution in [2.24, 2.45) is 0 Å². The van der Waals surface area contributed by atoms with Gasteiger partial charge >= 0.3 is 0 Å². The highest BCUT2D eigenvalue weighted by atomic mass is 35.5. The SMILES string of the molecule is Cc1nc(Cl)sc1S(=O)(=O)Nc1ccnc(Cl)n1. The summed E-state index contributed by atoms with van der Waals surface area (Å²) in [5.74, 6) is 0.0823. The third-order valence-electron chi connectivity index (χ3n) is 1.84. The lowest BCUT2D eigenvalue weighted by atomic mass is 10.6. The van der Waals surface area contributed by atoms with Crippen LogP contribution in [0.2, 0.25) is 9.75 Å². The standard InChI is InChI=1S/C8H6Cl2N4O2S2/c1-4-6(17-8(10)12-4)18(15,16)14-5-2-3-11-7(9)13-5/h2-3H,1H3,(H,11,13,14). The second-order valence-electron chi connectivity index (χ2n) is 3.16. The lowest BCUT2D eigenvalue weighted by molar-refractivity contribution is 0.602. The van der Waals surface area contributed by atoms with Gasteiger partial charge in [-0.25, -0.2) is 18.4 Å². The first kappa shape index (κ1) is 13.5. The molecule has 0 aliphatic carbocycles. The predicted molar refractivity (Wildman–Crippen MR) is 69.7 cm³/mol. The van der Waals surface area contributed by atoms with E-state index in [0.717, 1.165) is 11.3 Å². The van der Waals surface area contributed by atoms with E-state index in [0.29, 0.717) is 5.69 Å². The summed E-state index contributed by atoms with van der Waals surface area (Å²) in [4.78, 5) is 11.2. The van der Waals surface area contributed by atoms with E-state index in [2.05, 4.69) is 19.7 Å². The molecule has 2 heterocycles. The van der Waals surface area contributed by atoms with Crippen LogP contribution in [0, 0.1) is 6.92 Å². The van der Waals surface area contributed by atoms with Crippen LogP contribution in [0.1, 0.15) is 5.69 Å². The Hall–Kier alpha value is -0.960. The smallest absolute Gasteiger partial charge is 0.262 e. The zero-order chi connectivity index (χ0) is 13.3. The molecular formula is C8H6Cl2N4O2S2. The van der Waals surface area contributed by atoms with Gasteiger partial charge in [0.25, 0.3) is 10.0 Å². The van der Waals surface area contributed by atoms with Crippen LogP contribution in [0.15, 0.2) is 16.5 Å². The molecular weight excluding hydrogens is 319 g/mol. The molecule has 0 amide bonds. The number of thiazole rings is 1. The molecule has 0 aliphatic rings. The molecule has 0 radical (unpaired) electrons. The summed E-state index contributed by atoms with van der Waals surface area (Å²) >= 11 is 12.1. The number of rotatable bonds is 3. The van der Waals surface area contributed by atoms with Gasteiger partial charge in [0.1, 0.15) is 5.82 Å². The van der Waals surface area contributed by atoms with E-state index in [4.69, 9.17) is 23.2 Å². The summed E-state index contributed by atoms with van der Waals surface area (Å²) in [6, 6.07) is 1.39. The van der Waals surface area contributed by atoms with E-state index in [1.165, 1.54) is 12.3 Å². The van der Waals surface area contributed by atoms with Crippen molar-refractivity contribution in [2.75, 3.05) is 4.72 Å². The minimum Gasteiger partial charge on any atom is -0.262 e. The third-order valence-corrected chi connectivity index (χ3v) is 5.25. The number of halogens is 2. The van der Waals surface area contributed by atoms with Crippen LogP contribution in [0.25, 0.3) is 0 Å². The van der Waals surface area contributed by atoms with Gasteiger partial charge in [0.15, 0.2) is 8.68 Å². The highest BCUT2D eigenvalue weighted by Gasteiger charge is 2.22. The summed E-state index contributed by atoms with van der Waals surface area (Å²) in [5, 5.41) is -0.0470. The maximum atomic E-state index is 12.0. The van der Waals surface area contributed by atoms with Crippen LogP contribution in [0.5, 0.6) is 0 Å². The second kappa shape index (κ2) is 4.96. The molecule has 0 atom stereocenters. The molecule has 1 N–H and O–H groups in total. The first-order valence-corrected chi connectivity index (χ1v) is 7.58. The average molecular weight is 325 g/mol. The molecule has 0 bridgehead atoms. The van der Waals surface area contributed by atoms with Crippen LogP contribution < -0.4 is 4.72 Å². The Labute approximate surface area is 117 Å². The molecule has 2 aromatic rings. The fourth-order valence-electron chi connectivity index (χ4n) is 1.18. The van der Waals surface area contributed by atoms with Crippen molar-refractivity contribution in [1.29, 1.82) is 0 Å². The zero-order valence-electron chi connectivity index (χ0n) is 8.89. The molecule has 6 nitrogen and oxygen atoms in total. The Morgan fingerprint density at radius 2 is 2.06 bits per heavy atom. The Bertz CT molecular complexity index is 686. The molecule has 0 fully saturated rings. The lowest BCUT2D eigenvalue weighted by Crippen LogP contribution is -2.13. The largest absolute Gasteiger partial charge is 0.274 e. The van der Waals surface area contributed by atoms with Crippen LogP contribution in [-0.2, 0) is 10.0 Å². The number of sulfonamides is 1. The van der Waals surface area contributed by atoms with Crippen molar-refractivity contribution in [2.45, 2.75) is 11.1 Å². The number of hydrogen-bond acceptors (Lipinski definition) is 6. The Balaban J connectivity index is 2.36. The molecule has 0 saturated carbocycles. The molecule has 0 spiro atoms. The number of nitrogens with zero attached hydrogens (tertiary/aromatic N) is 3. The van der Waals surface area contributed by atoms with Crippen molar-refractivity contribution in [3.63, 3.8) is 0 Å². The van der Waals surface area contributed by atoms with Crippen molar-refractivity contribution in [1.82, 2.24) is 15.0 Å². The Kier molecular flexibility index (Phi) is 3.71. The monoisotopic (exact) mass is 324 g/mol. The van der Waals surface area contributed by atoms with E-state index in [9.17, 15) is 8.42 Å². The average Bonchev–Trinajstić information content (AvgIpc) is 2.58. The number of hydrogen-bond donors (Lipinski definition) is 1. The number of nitrogens with one attached hydrogen (secondary N) is 1. The summed E-state index contributed by atoms with van der Waals surface area (Å²) in [7, 11) is -3.77. The summed E-state index contributed by atoms with van der Waals surface area (Å²) in [5.41, 5.74) is 0.331. The molecule has 0 aromatic carbocycles. The molecule has 0 saturated heterocycles. The normalized spacial score (nSPS) is 11.5. The van der Waals surface area contributed by atoms with Crippen LogP contribution in [0.4, 0.5) is 5.82 Å². The molecule has 0 unspecified atom stereocenters. The van der Waals surface area contributed by atoms with E-state index >= 15 is 0 Å². The van der Waals surface area contributed by atoms with Crippen molar-refractivity contribution in [3.05, 3.63) is 27.7 Å². The maximum Gasteiger partial charge on any atom is 0.274 e. The molecule has 18 heavy (non-hydrogen) atoms. The molecule has 10 heteroatoms. The van der Waals surface area contributed by atoms with Crippen molar-refractivity contribution >= 4 is 50.4 Å². The fourth-order valence-corrected chi connectivity index (χ4v) is 4.06. The van der Waals surface area contributed by atoms with Gasteiger partial charge in [-0.15, -0.1) is 0 Å². The minimum atomic E-state index is -3.77. The van der Waals surface area contributed by atoms with Gasteiger partial charge < -0.3 is 0 Å². The van der Waals surface area contributed by atoms with E-state index < -0.39 is 10.0 Å². The van der Waals surface area contributed by atoms with Gasteiger partial charge in [-0.3, -0.25) is 4.72 Å².